The van der Waals surface area contributed by atoms with Gasteiger partial charge in [0.05, 0.1) is 24.0 Å². The summed E-state index contributed by atoms with van der Waals surface area (Å²) >= 11 is 0. The number of piperidine rings is 1. The molecule has 8 heteroatoms. The fraction of sp³-hybridized carbons (Fsp3) is 0.645. The maximum atomic E-state index is 14.1. The van der Waals surface area contributed by atoms with Gasteiger partial charge in [-0.2, -0.15) is 0 Å². The SMILES string of the molecule is CC(=O)N1CCc2nc(C)n(C3CC4N(CC[C@H](NC(=O)C5CCC5)c5cccc(F)c5)C5CCC54C3)c2C1. The van der Waals surface area contributed by atoms with Crippen molar-refractivity contribution < 1.29 is 14.0 Å². The predicted molar refractivity (Wildman–Crippen MR) is 145 cm³/mol. The molecular formula is C31H40FN5O2. The Morgan fingerprint density at radius 1 is 1.23 bits per heavy atom. The van der Waals surface area contributed by atoms with Gasteiger partial charge in [0.25, 0.3) is 0 Å². The lowest BCUT2D eigenvalue weighted by molar-refractivity contribution is -0.188. The van der Waals surface area contributed by atoms with Gasteiger partial charge in [0.1, 0.15) is 11.6 Å². The van der Waals surface area contributed by atoms with Crippen molar-refractivity contribution >= 4 is 11.8 Å². The van der Waals surface area contributed by atoms with Gasteiger partial charge in [-0.15, -0.1) is 0 Å². The topological polar surface area (TPSA) is 70.5 Å². The number of aromatic nitrogens is 2. The summed E-state index contributed by atoms with van der Waals surface area (Å²) < 4.78 is 16.6. The number of carbonyl (C=O) groups is 2. The number of nitrogens with zero attached hydrogens (tertiary/aromatic N) is 4. The molecule has 1 N–H and O–H groups in total. The Morgan fingerprint density at radius 3 is 2.77 bits per heavy atom. The van der Waals surface area contributed by atoms with E-state index in [0.717, 1.165) is 63.0 Å². The van der Waals surface area contributed by atoms with Crippen molar-refractivity contribution in [2.24, 2.45) is 11.3 Å². The molecule has 4 unspecified atom stereocenters. The van der Waals surface area contributed by atoms with E-state index in [1.807, 2.05) is 11.0 Å². The van der Waals surface area contributed by atoms with E-state index in [1.54, 1.807) is 19.1 Å². The van der Waals surface area contributed by atoms with E-state index in [0.29, 0.717) is 30.1 Å². The number of hydrogen-bond donors (Lipinski definition) is 1. The third kappa shape index (κ3) is 4.04. The summed E-state index contributed by atoms with van der Waals surface area (Å²) in [5.41, 5.74) is 3.67. The summed E-state index contributed by atoms with van der Waals surface area (Å²) in [6.07, 6.45) is 9.50. The van der Waals surface area contributed by atoms with Crippen molar-refractivity contribution in [1.29, 1.82) is 0 Å². The molecule has 7 rings (SSSR count). The zero-order valence-corrected chi connectivity index (χ0v) is 23.2. The fourth-order valence-corrected chi connectivity index (χ4v) is 8.58. The number of carbonyl (C=O) groups excluding carboxylic acids is 2. The van der Waals surface area contributed by atoms with E-state index in [9.17, 15) is 14.0 Å². The van der Waals surface area contributed by atoms with Gasteiger partial charge in [-0.3, -0.25) is 14.5 Å². The first-order valence-corrected chi connectivity index (χ1v) is 15.0. The largest absolute Gasteiger partial charge is 0.349 e. The summed E-state index contributed by atoms with van der Waals surface area (Å²) in [6.45, 7) is 6.13. The van der Waals surface area contributed by atoms with Crippen molar-refractivity contribution in [3.63, 3.8) is 0 Å². The molecule has 5 aliphatic rings. The zero-order chi connectivity index (χ0) is 26.9. The molecule has 1 aromatic carbocycles. The van der Waals surface area contributed by atoms with Crippen molar-refractivity contribution in [1.82, 2.24) is 24.7 Å². The minimum atomic E-state index is -0.252. The summed E-state index contributed by atoms with van der Waals surface area (Å²) in [5, 5.41) is 3.28. The maximum Gasteiger partial charge on any atom is 0.223 e. The number of likely N-dealkylation sites (tertiary alicyclic amines) is 1. The van der Waals surface area contributed by atoms with Gasteiger partial charge in [0.15, 0.2) is 0 Å². The molecule has 3 saturated carbocycles. The van der Waals surface area contributed by atoms with Crippen LogP contribution in [-0.2, 0) is 22.6 Å². The lowest BCUT2D eigenvalue weighted by Crippen LogP contribution is -2.74. The van der Waals surface area contributed by atoms with E-state index in [-0.39, 0.29) is 29.6 Å². The van der Waals surface area contributed by atoms with Gasteiger partial charge in [0.2, 0.25) is 11.8 Å². The van der Waals surface area contributed by atoms with E-state index in [4.69, 9.17) is 4.98 Å². The second kappa shape index (κ2) is 9.43. The number of aryl methyl sites for hydroxylation is 1. The molecule has 7 nitrogen and oxygen atoms in total. The highest BCUT2D eigenvalue weighted by molar-refractivity contribution is 5.79. The van der Waals surface area contributed by atoms with Crippen LogP contribution >= 0.6 is 0 Å². The lowest BCUT2D eigenvalue weighted by atomic mass is 9.53. The van der Waals surface area contributed by atoms with Gasteiger partial charge in [0, 0.05) is 55.9 Å². The van der Waals surface area contributed by atoms with Crippen molar-refractivity contribution in [3.05, 3.63) is 52.9 Å². The Kier molecular flexibility index (Phi) is 6.10. The predicted octanol–water partition coefficient (Wildman–Crippen LogP) is 4.45. The van der Waals surface area contributed by atoms with Crippen LogP contribution in [0, 0.1) is 24.1 Å². The minimum Gasteiger partial charge on any atom is -0.349 e. The first kappa shape index (κ1) is 25.2. The van der Waals surface area contributed by atoms with Crippen molar-refractivity contribution in [3.8, 4) is 0 Å². The molecule has 39 heavy (non-hydrogen) atoms. The first-order valence-electron chi connectivity index (χ1n) is 15.0. The Morgan fingerprint density at radius 2 is 2.08 bits per heavy atom. The van der Waals surface area contributed by atoms with Gasteiger partial charge in [-0.05, 0) is 69.6 Å². The van der Waals surface area contributed by atoms with E-state index in [1.165, 1.54) is 36.7 Å². The molecule has 1 aromatic heterocycles. The summed E-state index contributed by atoms with van der Waals surface area (Å²) in [5.74, 6) is 1.21. The highest BCUT2D eigenvalue weighted by Crippen LogP contribution is 2.67. The monoisotopic (exact) mass is 533 g/mol. The number of imidazole rings is 1. The first-order chi connectivity index (χ1) is 18.8. The van der Waals surface area contributed by atoms with Gasteiger partial charge < -0.3 is 14.8 Å². The number of halogens is 1. The molecule has 3 aliphatic carbocycles. The van der Waals surface area contributed by atoms with Crippen LogP contribution in [0.25, 0.3) is 0 Å². The summed E-state index contributed by atoms with van der Waals surface area (Å²) in [7, 11) is 0. The van der Waals surface area contributed by atoms with Crippen LogP contribution in [0.2, 0.25) is 0 Å². The highest BCUT2D eigenvalue weighted by atomic mass is 19.1. The number of rotatable bonds is 7. The number of nitrogens with one attached hydrogen (secondary N) is 1. The standard InChI is InChI=1S/C31H40FN5O2/c1-19-33-26-10-13-35(20(2)38)18-27(26)37(19)24-16-29-31(17-24)12-9-28(31)36(29)14-11-25(22-7-4-8-23(32)15-22)34-30(39)21-5-3-6-21/h4,7-8,15,21,24-25,28-29H,3,5-6,9-14,16-18H2,1-2H3,(H,34,39)/t24?,25-,28?,29?,31?/m0/s1. The Hall–Kier alpha value is -2.74. The Labute approximate surface area is 230 Å². The van der Waals surface area contributed by atoms with Crippen LogP contribution in [-0.4, -0.2) is 56.3 Å². The summed E-state index contributed by atoms with van der Waals surface area (Å²) in [4.78, 5) is 34.6. The van der Waals surface area contributed by atoms with Gasteiger partial charge in [-0.25, -0.2) is 9.37 Å². The average molecular weight is 534 g/mol. The van der Waals surface area contributed by atoms with E-state index < -0.39 is 0 Å². The van der Waals surface area contributed by atoms with Crippen LogP contribution in [0.3, 0.4) is 0 Å². The molecule has 1 saturated heterocycles. The number of hydrogen-bond acceptors (Lipinski definition) is 4. The number of amides is 2. The van der Waals surface area contributed by atoms with Crippen molar-refractivity contribution in [2.45, 2.75) is 102 Å². The average Bonchev–Trinajstić information content (AvgIpc) is 3.40. The smallest absolute Gasteiger partial charge is 0.223 e. The quantitative estimate of drug-likeness (QED) is 0.571. The van der Waals surface area contributed by atoms with Crippen LogP contribution in [0.1, 0.15) is 93.1 Å². The Balaban J connectivity index is 1.07. The molecule has 1 spiro atoms. The summed E-state index contributed by atoms with van der Waals surface area (Å²) in [6, 6.07) is 8.15. The maximum absolute atomic E-state index is 14.1. The van der Waals surface area contributed by atoms with Gasteiger partial charge in [-0.1, -0.05) is 18.6 Å². The van der Waals surface area contributed by atoms with Crippen molar-refractivity contribution in [2.75, 3.05) is 13.1 Å². The normalized spacial score (nSPS) is 30.3. The minimum absolute atomic E-state index is 0.114. The lowest BCUT2D eigenvalue weighted by Gasteiger charge is -2.68. The molecule has 2 aromatic rings. The third-order valence-corrected chi connectivity index (χ3v) is 10.9. The van der Waals surface area contributed by atoms with Crippen LogP contribution in [0.15, 0.2) is 24.3 Å². The van der Waals surface area contributed by atoms with Crippen LogP contribution in [0.4, 0.5) is 4.39 Å². The molecule has 208 valence electrons. The third-order valence-electron chi connectivity index (χ3n) is 10.9. The molecule has 0 bridgehead atoms. The zero-order valence-electron chi connectivity index (χ0n) is 23.2. The molecule has 2 amide bonds. The van der Waals surface area contributed by atoms with Crippen LogP contribution in [0.5, 0.6) is 0 Å². The highest BCUT2D eigenvalue weighted by Gasteiger charge is 2.69. The van der Waals surface area contributed by atoms with E-state index in [2.05, 4.69) is 21.7 Å². The van der Waals surface area contributed by atoms with Crippen LogP contribution < -0.4 is 5.32 Å². The molecular weight excluding hydrogens is 493 g/mol. The Bertz CT molecular complexity index is 1300. The number of fused-ring (bicyclic) bond motifs is 1. The molecule has 4 fully saturated rings. The number of benzene rings is 1. The molecule has 0 radical (unpaired) electrons. The molecule has 2 aliphatic heterocycles. The second-order valence-corrected chi connectivity index (χ2v) is 12.8. The van der Waals surface area contributed by atoms with E-state index >= 15 is 0 Å². The molecule has 5 atom stereocenters. The van der Waals surface area contributed by atoms with Gasteiger partial charge >= 0.3 is 0 Å². The fourth-order valence-electron chi connectivity index (χ4n) is 8.58. The molecule has 3 heterocycles. The second-order valence-electron chi connectivity index (χ2n) is 12.8.